The summed E-state index contributed by atoms with van der Waals surface area (Å²) >= 11 is 0. The Kier molecular flexibility index (Phi) is 5.53. The number of anilines is 1. The zero-order chi connectivity index (χ0) is 21.2. The molecule has 0 aliphatic carbocycles. The van der Waals surface area contributed by atoms with E-state index in [2.05, 4.69) is 24.0 Å². The lowest BCUT2D eigenvalue weighted by atomic mass is 10.1. The van der Waals surface area contributed by atoms with E-state index in [9.17, 15) is 0 Å². The van der Waals surface area contributed by atoms with Gasteiger partial charge < -0.3 is 19.1 Å². The molecule has 7 heteroatoms. The van der Waals surface area contributed by atoms with E-state index in [1.807, 2.05) is 30.3 Å². The van der Waals surface area contributed by atoms with Crippen molar-refractivity contribution in [2.45, 2.75) is 19.4 Å². The van der Waals surface area contributed by atoms with Crippen LogP contribution in [-0.2, 0) is 9.47 Å². The highest BCUT2D eigenvalue weighted by molar-refractivity contribution is 5.90. The Labute approximate surface area is 181 Å². The number of pyridine rings is 1. The van der Waals surface area contributed by atoms with Crippen LogP contribution < -0.4 is 9.64 Å². The van der Waals surface area contributed by atoms with E-state index in [1.54, 1.807) is 7.11 Å². The van der Waals surface area contributed by atoms with Gasteiger partial charge in [0.15, 0.2) is 11.5 Å². The van der Waals surface area contributed by atoms with Gasteiger partial charge >= 0.3 is 0 Å². The normalized spacial score (nSPS) is 19.4. The van der Waals surface area contributed by atoms with Gasteiger partial charge in [0.2, 0.25) is 0 Å². The second-order valence-electron chi connectivity index (χ2n) is 7.84. The fourth-order valence-corrected chi connectivity index (χ4v) is 4.05. The summed E-state index contributed by atoms with van der Waals surface area (Å²) in [6, 6.07) is 12.3. The van der Waals surface area contributed by atoms with E-state index in [0.717, 1.165) is 52.6 Å². The van der Waals surface area contributed by atoms with Crippen LogP contribution in [0.5, 0.6) is 5.75 Å². The van der Waals surface area contributed by atoms with E-state index in [0.29, 0.717) is 32.1 Å². The van der Waals surface area contributed by atoms with Crippen molar-refractivity contribution >= 4 is 22.4 Å². The molecule has 4 heterocycles. The van der Waals surface area contributed by atoms with E-state index >= 15 is 0 Å². The minimum atomic E-state index is 0.240. The summed E-state index contributed by atoms with van der Waals surface area (Å²) in [5, 5.41) is 0.961. The van der Waals surface area contributed by atoms with E-state index in [-0.39, 0.29) is 6.04 Å². The van der Waals surface area contributed by atoms with Crippen LogP contribution >= 0.6 is 0 Å². The summed E-state index contributed by atoms with van der Waals surface area (Å²) in [5.41, 5.74) is 3.72. The van der Waals surface area contributed by atoms with Crippen molar-refractivity contribution in [3.8, 4) is 17.0 Å². The first kappa shape index (κ1) is 19.9. The number of hydrogen-bond donors (Lipinski definition) is 0. The molecular formula is C24H26N4O3. The Morgan fingerprint density at radius 1 is 1.00 bits per heavy atom. The monoisotopic (exact) mass is 418 g/mol. The molecule has 1 saturated heterocycles. The standard InChI is InChI=1S/C24H26N4O3/c1-16-15-31-14-11-28(16)24-20-7-8-21(17-3-5-19(29-2)6-4-17)25-23(20)26-22(27-24)18-9-12-30-13-10-18/h3-9,16H,10-15H2,1-2H3. The van der Waals surface area contributed by atoms with Crippen molar-refractivity contribution in [2.75, 3.05) is 45.0 Å². The second kappa shape index (κ2) is 8.61. The van der Waals surface area contributed by atoms with Crippen LogP contribution in [0, 0.1) is 0 Å². The zero-order valence-electron chi connectivity index (χ0n) is 17.9. The van der Waals surface area contributed by atoms with Gasteiger partial charge in [0.1, 0.15) is 11.6 Å². The van der Waals surface area contributed by atoms with Crippen LogP contribution in [0.15, 0.2) is 42.5 Å². The first-order valence-corrected chi connectivity index (χ1v) is 10.7. The van der Waals surface area contributed by atoms with Crippen molar-refractivity contribution < 1.29 is 14.2 Å². The number of methoxy groups -OCH3 is 1. The number of ether oxygens (including phenoxy) is 3. The Morgan fingerprint density at radius 2 is 1.87 bits per heavy atom. The highest BCUT2D eigenvalue weighted by Gasteiger charge is 2.24. The SMILES string of the molecule is COc1ccc(-c2ccc3c(N4CCOCC4C)nc(C4=CCOCC4)nc3n2)cc1. The molecule has 0 bridgehead atoms. The summed E-state index contributed by atoms with van der Waals surface area (Å²) in [7, 11) is 1.67. The molecule has 1 fully saturated rings. The van der Waals surface area contributed by atoms with E-state index < -0.39 is 0 Å². The van der Waals surface area contributed by atoms with Crippen LogP contribution in [0.25, 0.3) is 27.9 Å². The predicted molar refractivity (Wildman–Crippen MR) is 120 cm³/mol. The summed E-state index contributed by atoms with van der Waals surface area (Å²) in [5.74, 6) is 2.49. The first-order chi connectivity index (χ1) is 15.2. The average molecular weight is 418 g/mol. The van der Waals surface area contributed by atoms with Crippen molar-refractivity contribution in [2.24, 2.45) is 0 Å². The van der Waals surface area contributed by atoms with E-state index in [1.165, 1.54) is 0 Å². The van der Waals surface area contributed by atoms with Crippen molar-refractivity contribution in [3.63, 3.8) is 0 Å². The number of nitrogens with zero attached hydrogens (tertiary/aromatic N) is 4. The molecule has 7 nitrogen and oxygen atoms in total. The Hall–Kier alpha value is -3.03. The van der Waals surface area contributed by atoms with Crippen LogP contribution in [0.3, 0.4) is 0 Å². The summed E-state index contributed by atoms with van der Waals surface area (Å²) in [6.45, 7) is 5.64. The van der Waals surface area contributed by atoms with Crippen LogP contribution in [0.4, 0.5) is 5.82 Å². The molecule has 3 aromatic rings. The molecule has 0 amide bonds. The number of hydrogen-bond acceptors (Lipinski definition) is 7. The number of benzene rings is 1. The van der Waals surface area contributed by atoms with Gasteiger partial charge in [0.05, 0.1) is 50.7 Å². The molecule has 0 spiro atoms. The van der Waals surface area contributed by atoms with Gasteiger partial charge in [-0.1, -0.05) is 6.08 Å². The molecular weight excluding hydrogens is 392 g/mol. The topological polar surface area (TPSA) is 69.6 Å². The van der Waals surface area contributed by atoms with Crippen molar-refractivity contribution in [1.29, 1.82) is 0 Å². The molecule has 0 N–H and O–H groups in total. The largest absolute Gasteiger partial charge is 0.497 e. The minimum Gasteiger partial charge on any atom is -0.497 e. The summed E-state index contributed by atoms with van der Waals surface area (Å²) in [6.07, 6.45) is 2.88. The maximum atomic E-state index is 5.65. The molecule has 2 aliphatic rings. The lowest BCUT2D eigenvalue weighted by Crippen LogP contribution is -2.44. The van der Waals surface area contributed by atoms with Crippen LogP contribution in [0.1, 0.15) is 19.2 Å². The minimum absolute atomic E-state index is 0.240. The quantitative estimate of drug-likeness (QED) is 0.639. The molecule has 2 aliphatic heterocycles. The predicted octanol–water partition coefficient (Wildman–Crippen LogP) is 3.73. The Bertz CT molecular complexity index is 1110. The third kappa shape index (κ3) is 3.98. The third-order valence-corrected chi connectivity index (χ3v) is 5.82. The smallest absolute Gasteiger partial charge is 0.165 e. The maximum absolute atomic E-state index is 5.65. The van der Waals surface area contributed by atoms with Gasteiger partial charge in [-0.05, 0) is 55.3 Å². The fourth-order valence-electron chi connectivity index (χ4n) is 4.05. The number of fused-ring (bicyclic) bond motifs is 1. The molecule has 1 atom stereocenters. The van der Waals surface area contributed by atoms with Crippen molar-refractivity contribution in [3.05, 3.63) is 48.3 Å². The van der Waals surface area contributed by atoms with Crippen LogP contribution in [-0.4, -0.2) is 61.1 Å². The Morgan fingerprint density at radius 3 is 2.61 bits per heavy atom. The summed E-state index contributed by atoms with van der Waals surface area (Å²) < 4.78 is 16.4. The lowest BCUT2D eigenvalue weighted by Gasteiger charge is -2.35. The van der Waals surface area contributed by atoms with Gasteiger partial charge in [0.25, 0.3) is 0 Å². The highest BCUT2D eigenvalue weighted by Crippen LogP contribution is 2.31. The fraction of sp³-hybridized carbons (Fsp3) is 0.375. The molecule has 1 unspecified atom stereocenters. The zero-order valence-corrected chi connectivity index (χ0v) is 17.9. The molecule has 0 saturated carbocycles. The molecule has 5 rings (SSSR count). The highest BCUT2D eigenvalue weighted by atomic mass is 16.5. The molecule has 2 aromatic heterocycles. The number of aromatic nitrogens is 3. The van der Waals surface area contributed by atoms with Crippen LogP contribution in [0.2, 0.25) is 0 Å². The molecule has 0 radical (unpaired) electrons. The third-order valence-electron chi connectivity index (χ3n) is 5.82. The molecule has 160 valence electrons. The Balaban J connectivity index is 1.64. The maximum Gasteiger partial charge on any atom is 0.165 e. The van der Waals surface area contributed by atoms with Gasteiger partial charge in [-0.25, -0.2) is 15.0 Å². The number of rotatable bonds is 4. The second-order valence-corrected chi connectivity index (χ2v) is 7.84. The molecule has 31 heavy (non-hydrogen) atoms. The number of morpholine rings is 1. The summed E-state index contributed by atoms with van der Waals surface area (Å²) in [4.78, 5) is 17.1. The van der Waals surface area contributed by atoms with E-state index in [4.69, 9.17) is 29.2 Å². The first-order valence-electron chi connectivity index (χ1n) is 10.7. The van der Waals surface area contributed by atoms with Gasteiger partial charge in [-0.15, -0.1) is 0 Å². The van der Waals surface area contributed by atoms with Gasteiger partial charge in [-0.2, -0.15) is 0 Å². The van der Waals surface area contributed by atoms with Gasteiger partial charge in [-0.3, -0.25) is 0 Å². The average Bonchev–Trinajstić information content (AvgIpc) is 2.84. The lowest BCUT2D eigenvalue weighted by molar-refractivity contribution is 0.0986. The molecule has 1 aromatic carbocycles. The van der Waals surface area contributed by atoms with Gasteiger partial charge in [0, 0.05) is 12.1 Å². The van der Waals surface area contributed by atoms with Crippen molar-refractivity contribution in [1.82, 2.24) is 15.0 Å².